The zero-order valence-electron chi connectivity index (χ0n) is 15.6. The van der Waals surface area contributed by atoms with E-state index >= 15 is 0 Å². The Morgan fingerprint density at radius 2 is 2.00 bits per heavy atom. The lowest BCUT2D eigenvalue weighted by atomic mass is 10.2. The van der Waals surface area contributed by atoms with Crippen LogP contribution in [0.25, 0.3) is 11.0 Å². The second kappa shape index (κ2) is 8.20. The van der Waals surface area contributed by atoms with Gasteiger partial charge in [-0.15, -0.1) is 0 Å². The number of carbonyl (C=O) groups is 2. The summed E-state index contributed by atoms with van der Waals surface area (Å²) in [6, 6.07) is 7.31. The smallest absolute Gasteiger partial charge is 0.270 e. The van der Waals surface area contributed by atoms with E-state index in [1.54, 1.807) is 17.0 Å². The second-order valence-electron chi connectivity index (χ2n) is 6.62. The van der Waals surface area contributed by atoms with E-state index in [4.69, 9.17) is 4.74 Å². The molecule has 3 heterocycles. The molecule has 30 heavy (non-hydrogen) atoms. The van der Waals surface area contributed by atoms with Crippen molar-refractivity contribution in [2.75, 3.05) is 31.6 Å². The summed E-state index contributed by atoms with van der Waals surface area (Å²) in [4.78, 5) is 44.6. The molecule has 1 aromatic carbocycles. The number of anilines is 1. The molecular formula is C19H16BrN5O5. The maximum Gasteiger partial charge on any atom is 0.270 e. The quantitative estimate of drug-likeness (QED) is 0.442. The number of pyridine rings is 1. The van der Waals surface area contributed by atoms with Gasteiger partial charge in [0.05, 0.1) is 35.6 Å². The molecule has 0 unspecified atom stereocenters. The van der Waals surface area contributed by atoms with Crippen molar-refractivity contribution in [3.05, 3.63) is 62.4 Å². The van der Waals surface area contributed by atoms with Crippen LogP contribution in [0.15, 0.2) is 41.0 Å². The first kappa shape index (κ1) is 20.0. The first-order valence-corrected chi connectivity index (χ1v) is 9.83. The Morgan fingerprint density at radius 1 is 1.23 bits per heavy atom. The van der Waals surface area contributed by atoms with Gasteiger partial charge in [-0.1, -0.05) is 0 Å². The summed E-state index contributed by atoms with van der Waals surface area (Å²) in [5.41, 5.74) is 1.26. The Labute approximate surface area is 178 Å². The number of ether oxygens (including phenoxy) is 1. The number of nitrogens with one attached hydrogen (secondary N) is 2. The number of aromatic nitrogens is 2. The Kier molecular flexibility index (Phi) is 5.46. The molecular weight excluding hydrogens is 458 g/mol. The number of benzene rings is 1. The van der Waals surface area contributed by atoms with Crippen LogP contribution in [0.2, 0.25) is 0 Å². The minimum Gasteiger partial charge on any atom is -0.378 e. The summed E-state index contributed by atoms with van der Waals surface area (Å²) < 4.78 is 5.70. The number of morpholine rings is 1. The number of H-pyrrole nitrogens is 1. The molecule has 0 atom stereocenters. The van der Waals surface area contributed by atoms with E-state index in [1.165, 1.54) is 24.4 Å². The zero-order chi connectivity index (χ0) is 21.3. The van der Waals surface area contributed by atoms with Crippen LogP contribution in [-0.2, 0) is 4.74 Å². The van der Waals surface area contributed by atoms with E-state index in [9.17, 15) is 19.7 Å². The highest BCUT2D eigenvalue weighted by Crippen LogP contribution is 2.24. The van der Waals surface area contributed by atoms with Gasteiger partial charge in [-0.25, -0.2) is 4.98 Å². The van der Waals surface area contributed by atoms with Crippen molar-refractivity contribution in [2.45, 2.75) is 0 Å². The fraction of sp³-hybridized carbons (Fsp3) is 0.211. The average Bonchev–Trinajstić information content (AvgIpc) is 3.17. The topological polar surface area (TPSA) is 130 Å². The van der Waals surface area contributed by atoms with Crippen LogP contribution < -0.4 is 5.32 Å². The summed E-state index contributed by atoms with van der Waals surface area (Å²) in [7, 11) is 0. The monoisotopic (exact) mass is 473 g/mol. The molecule has 1 saturated heterocycles. The van der Waals surface area contributed by atoms with Crippen LogP contribution in [0.3, 0.4) is 0 Å². The van der Waals surface area contributed by atoms with Crippen LogP contribution in [0.1, 0.15) is 20.8 Å². The second-order valence-corrected chi connectivity index (χ2v) is 7.48. The van der Waals surface area contributed by atoms with Crippen molar-refractivity contribution < 1.29 is 19.2 Å². The van der Waals surface area contributed by atoms with Crippen LogP contribution in [0.4, 0.5) is 11.4 Å². The van der Waals surface area contributed by atoms with E-state index in [1.807, 2.05) is 0 Å². The Morgan fingerprint density at radius 3 is 2.73 bits per heavy atom. The molecule has 2 aromatic heterocycles. The van der Waals surface area contributed by atoms with Crippen LogP contribution in [-0.4, -0.2) is 57.9 Å². The van der Waals surface area contributed by atoms with Crippen molar-refractivity contribution in [1.82, 2.24) is 14.9 Å². The number of nitro groups is 1. The van der Waals surface area contributed by atoms with Gasteiger partial charge in [0.1, 0.15) is 11.3 Å². The summed E-state index contributed by atoms with van der Waals surface area (Å²) >= 11 is 3.24. The third kappa shape index (κ3) is 4.02. The predicted molar refractivity (Wildman–Crippen MR) is 112 cm³/mol. The maximum atomic E-state index is 12.6. The molecule has 10 nitrogen and oxygen atoms in total. The number of nitro benzene ring substituents is 1. The van der Waals surface area contributed by atoms with Gasteiger partial charge in [0, 0.05) is 35.1 Å². The molecule has 1 fully saturated rings. The van der Waals surface area contributed by atoms with Crippen molar-refractivity contribution in [3.8, 4) is 0 Å². The molecule has 0 saturated carbocycles. The van der Waals surface area contributed by atoms with E-state index in [-0.39, 0.29) is 17.2 Å². The van der Waals surface area contributed by atoms with Gasteiger partial charge in [-0.3, -0.25) is 19.7 Å². The highest BCUT2D eigenvalue weighted by atomic mass is 79.9. The summed E-state index contributed by atoms with van der Waals surface area (Å²) in [6.45, 7) is 2.07. The number of aromatic amines is 1. The zero-order valence-corrected chi connectivity index (χ0v) is 17.1. The predicted octanol–water partition coefficient (Wildman–Crippen LogP) is 2.96. The number of carbonyl (C=O) groups excluding carboxylic acids is 2. The summed E-state index contributed by atoms with van der Waals surface area (Å²) in [6.07, 6.45) is 1.45. The third-order valence-electron chi connectivity index (χ3n) is 4.66. The first-order valence-electron chi connectivity index (χ1n) is 9.03. The minimum atomic E-state index is -0.566. The van der Waals surface area contributed by atoms with Crippen LogP contribution >= 0.6 is 15.9 Å². The van der Waals surface area contributed by atoms with Gasteiger partial charge in [0.15, 0.2) is 0 Å². The summed E-state index contributed by atoms with van der Waals surface area (Å²) in [5, 5.41) is 14.3. The van der Waals surface area contributed by atoms with E-state index in [2.05, 4.69) is 31.2 Å². The molecule has 0 spiro atoms. The number of nitrogens with zero attached hydrogens (tertiary/aromatic N) is 3. The lowest BCUT2D eigenvalue weighted by Crippen LogP contribution is -2.40. The molecule has 1 aliphatic heterocycles. The van der Waals surface area contributed by atoms with Crippen molar-refractivity contribution >= 4 is 50.2 Å². The molecule has 3 aromatic rings. The minimum absolute atomic E-state index is 0.126. The van der Waals surface area contributed by atoms with Crippen molar-refractivity contribution in [2.24, 2.45) is 0 Å². The van der Waals surface area contributed by atoms with Crippen LogP contribution in [0.5, 0.6) is 0 Å². The highest BCUT2D eigenvalue weighted by Gasteiger charge is 2.21. The third-order valence-corrected chi connectivity index (χ3v) is 5.35. The van der Waals surface area contributed by atoms with Crippen molar-refractivity contribution in [1.29, 1.82) is 0 Å². The number of non-ortho nitro benzene ring substituents is 1. The summed E-state index contributed by atoms with van der Waals surface area (Å²) in [5.74, 6) is -0.658. The standard InChI is InChI=1S/C19H16BrN5O5/c20-15-2-1-13(25(28)29)9-14(15)18(26)22-12-7-11-8-16(23-17(11)21-10-12)19(27)24-3-5-30-6-4-24/h1-2,7-10H,3-6H2,(H,21,23)(H,22,26). The van der Waals surface area contributed by atoms with Gasteiger partial charge in [0.2, 0.25) is 0 Å². The van der Waals surface area contributed by atoms with E-state index in [0.29, 0.717) is 53.2 Å². The van der Waals surface area contributed by atoms with Gasteiger partial charge in [0.25, 0.3) is 17.5 Å². The van der Waals surface area contributed by atoms with Gasteiger partial charge >= 0.3 is 0 Å². The fourth-order valence-electron chi connectivity index (χ4n) is 3.14. The molecule has 2 amide bonds. The molecule has 0 aliphatic carbocycles. The van der Waals surface area contributed by atoms with Crippen LogP contribution in [0, 0.1) is 10.1 Å². The highest BCUT2D eigenvalue weighted by molar-refractivity contribution is 9.10. The van der Waals surface area contributed by atoms with Gasteiger partial charge < -0.3 is 19.9 Å². The number of hydrogen-bond donors (Lipinski definition) is 2. The Bertz CT molecular complexity index is 1160. The lowest BCUT2D eigenvalue weighted by Gasteiger charge is -2.26. The Balaban J connectivity index is 1.55. The molecule has 4 rings (SSSR count). The number of amides is 2. The molecule has 0 bridgehead atoms. The molecule has 154 valence electrons. The molecule has 2 N–H and O–H groups in total. The molecule has 1 aliphatic rings. The fourth-order valence-corrected chi connectivity index (χ4v) is 3.56. The first-order chi connectivity index (χ1) is 14.4. The van der Waals surface area contributed by atoms with E-state index in [0.717, 1.165) is 0 Å². The number of fused-ring (bicyclic) bond motifs is 1. The largest absolute Gasteiger partial charge is 0.378 e. The van der Waals surface area contributed by atoms with Gasteiger partial charge in [-0.05, 0) is 34.1 Å². The van der Waals surface area contributed by atoms with E-state index < -0.39 is 10.8 Å². The lowest BCUT2D eigenvalue weighted by molar-refractivity contribution is -0.384. The number of rotatable bonds is 4. The molecule has 11 heteroatoms. The maximum absolute atomic E-state index is 12.6. The average molecular weight is 474 g/mol. The van der Waals surface area contributed by atoms with Crippen molar-refractivity contribution in [3.63, 3.8) is 0 Å². The number of hydrogen-bond acceptors (Lipinski definition) is 6. The SMILES string of the molecule is O=C(Nc1cnc2[nH]c(C(=O)N3CCOCC3)cc2c1)c1cc([N+](=O)[O-])ccc1Br. The number of halogens is 1. The van der Waals surface area contributed by atoms with Gasteiger partial charge in [-0.2, -0.15) is 0 Å². The molecule has 0 radical (unpaired) electrons. The normalized spacial score (nSPS) is 14.0. The Hall–Kier alpha value is -3.31.